The van der Waals surface area contributed by atoms with Gasteiger partial charge in [0.15, 0.2) is 0 Å². The minimum absolute atomic E-state index is 0.650. The molecule has 0 saturated carbocycles. The second kappa shape index (κ2) is 9.29. The highest BCUT2D eigenvalue weighted by Crippen LogP contribution is 2.17. The smallest absolute Gasteiger partial charge is 0.120 e. The van der Waals surface area contributed by atoms with Gasteiger partial charge in [-0.1, -0.05) is 31.0 Å². The molecule has 1 fully saturated rings. The van der Waals surface area contributed by atoms with Crippen LogP contribution in [0.2, 0.25) is 5.02 Å². The predicted molar refractivity (Wildman–Crippen MR) is 89.3 cm³/mol. The van der Waals surface area contributed by atoms with Gasteiger partial charge in [0.1, 0.15) is 12.4 Å². The molecule has 1 aromatic carbocycles. The van der Waals surface area contributed by atoms with Gasteiger partial charge in [-0.3, -0.25) is 4.90 Å². The first-order chi connectivity index (χ1) is 10.3. The van der Waals surface area contributed by atoms with Crippen LogP contribution in [0.4, 0.5) is 0 Å². The fourth-order valence-electron chi connectivity index (χ4n) is 2.85. The summed E-state index contributed by atoms with van der Waals surface area (Å²) in [5, 5.41) is 4.35. The lowest BCUT2D eigenvalue weighted by molar-refractivity contribution is 0.184. The summed E-state index contributed by atoms with van der Waals surface area (Å²) in [5.74, 6) is 0.856. The van der Waals surface area contributed by atoms with Crippen molar-refractivity contribution < 1.29 is 4.74 Å². The topological polar surface area (TPSA) is 24.5 Å². The molecule has 1 unspecified atom stereocenters. The van der Waals surface area contributed by atoms with Crippen LogP contribution in [-0.4, -0.2) is 43.7 Å². The van der Waals surface area contributed by atoms with Gasteiger partial charge >= 0.3 is 0 Å². The third kappa shape index (κ3) is 6.25. The zero-order valence-corrected chi connectivity index (χ0v) is 13.7. The Bertz CT molecular complexity index is 408. The number of nitrogens with one attached hydrogen (secondary N) is 1. The molecule has 21 heavy (non-hydrogen) atoms. The van der Waals surface area contributed by atoms with Crippen LogP contribution in [-0.2, 0) is 0 Å². The van der Waals surface area contributed by atoms with E-state index in [0.717, 1.165) is 30.4 Å². The molecule has 4 heteroatoms. The van der Waals surface area contributed by atoms with Crippen LogP contribution in [0.1, 0.15) is 32.6 Å². The van der Waals surface area contributed by atoms with E-state index in [2.05, 4.69) is 17.1 Å². The summed E-state index contributed by atoms with van der Waals surface area (Å²) in [5.41, 5.74) is 0. The molecule has 0 amide bonds. The van der Waals surface area contributed by atoms with Crippen molar-refractivity contribution in [1.82, 2.24) is 10.2 Å². The summed E-state index contributed by atoms with van der Waals surface area (Å²) in [4.78, 5) is 2.51. The van der Waals surface area contributed by atoms with Gasteiger partial charge in [0.2, 0.25) is 0 Å². The molecule has 2 rings (SSSR count). The molecule has 1 N–H and O–H groups in total. The molecule has 1 saturated heterocycles. The van der Waals surface area contributed by atoms with Crippen molar-refractivity contribution in [2.45, 2.75) is 38.6 Å². The van der Waals surface area contributed by atoms with Gasteiger partial charge in [0.25, 0.3) is 0 Å². The number of rotatable bonds is 8. The molecule has 0 radical (unpaired) electrons. The Hall–Kier alpha value is -0.770. The normalized spacial score (nSPS) is 18.9. The lowest BCUT2D eigenvalue weighted by atomic mass is 10.0. The molecule has 1 heterocycles. The van der Waals surface area contributed by atoms with Crippen molar-refractivity contribution >= 4 is 11.6 Å². The fraction of sp³-hybridized carbons (Fsp3) is 0.647. The van der Waals surface area contributed by atoms with E-state index in [-0.39, 0.29) is 0 Å². The lowest BCUT2D eigenvalue weighted by Gasteiger charge is -2.30. The number of benzene rings is 1. The van der Waals surface area contributed by atoms with E-state index >= 15 is 0 Å². The van der Waals surface area contributed by atoms with E-state index in [1.165, 1.54) is 32.2 Å². The molecule has 3 nitrogen and oxygen atoms in total. The van der Waals surface area contributed by atoms with E-state index in [1.807, 2.05) is 24.3 Å². The average Bonchev–Trinajstić information content (AvgIpc) is 2.48. The number of ether oxygens (including phenoxy) is 1. The van der Waals surface area contributed by atoms with Gasteiger partial charge in [0, 0.05) is 24.2 Å². The van der Waals surface area contributed by atoms with Crippen molar-refractivity contribution in [2.75, 3.05) is 32.8 Å². The minimum Gasteiger partial charge on any atom is -0.492 e. The summed E-state index contributed by atoms with van der Waals surface area (Å²) in [6.07, 6.45) is 5.16. The summed E-state index contributed by atoms with van der Waals surface area (Å²) in [6.45, 7) is 7.36. The summed E-state index contributed by atoms with van der Waals surface area (Å²) >= 11 is 5.97. The largest absolute Gasteiger partial charge is 0.492 e. The second-order valence-electron chi connectivity index (χ2n) is 5.75. The summed E-state index contributed by atoms with van der Waals surface area (Å²) < 4.78 is 5.81. The minimum atomic E-state index is 0.650. The molecule has 0 aromatic heterocycles. The van der Waals surface area contributed by atoms with Gasteiger partial charge in [0.05, 0.1) is 0 Å². The lowest BCUT2D eigenvalue weighted by Crippen LogP contribution is -2.45. The molecule has 1 aliphatic heterocycles. The van der Waals surface area contributed by atoms with Crippen LogP contribution in [0.15, 0.2) is 24.3 Å². The van der Waals surface area contributed by atoms with Crippen LogP contribution in [0.25, 0.3) is 0 Å². The van der Waals surface area contributed by atoms with E-state index < -0.39 is 0 Å². The molecular formula is C17H27ClN2O. The maximum Gasteiger partial charge on any atom is 0.120 e. The Morgan fingerprint density at radius 1 is 1.33 bits per heavy atom. The Balaban J connectivity index is 1.73. The van der Waals surface area contributed by atoms with Crippen molar-refractivity contribution in [3.05, 3.63) is 29.3 Å². The van der Waals surface area contributed by atoms with Gasteiger partial charge in [-0.2, -0.15) is 0 Å². The number of piperidine rings is 1. The molecule has 0 spiro atoms. The first kappa shape index (κ1) is 16.6. The first-order valence-electron chi connectivity index (χ1n) is 8.12. The van der Waals surface area contributed by atoms with Crippen LogP contribution >= 0.6 is 11.6 Å². The van der Waals surface area contributed by atoms with Crippen molar-refractivity contribution in [2.24, 2.45) is 0 Å². The fourth-order valence-corrected chi connectivity index (χ4v) is 3.03. The maximum absolute atomic E-state index is 5.97. The molecule has 1 aliphatic rings. The molecule has 0 bridgehead atoms. The summed E-state index contributed by atoms with van der Waals surface area (Å²) in [7, 11) is 0. The van der Waals surface area contributed by atoms with Crippen LogP contribution < -0.4 is 10.1 Å². The van der Waals surface area contributed by atoms with Crippen molar-refractivity contribution in [3.63, 3.8) is 0 Å². The van der Waals surface area contributed by atoms with E-state index in [9.17, 15) is 0 Å². The number of hydrogen-bond donors (Lipinski definition) is 1. The zero-order valence-electron chi connectivity index (χ0n) is 13.0. The summed E-state index contributed by atoms with van der Waals surface area (Å²) in [6, 6.07) is 8.27. The first-order valence-corrected chi connectivity index (χ1v) is 8.50. The Morgan fingerprint density at radius 2 is 2.24 bits per heavy atom. The van der Waals surface area contributed by atoms with Crippen molar-refractivity contribution in [1.29, 1.82) is 0 Å². The van der Waals surface area contributed by atoms with Crippen LogP contribution in [0, 0.1) is 0 Å². The highest BCUT2D eigenvalue weighted by atomic mass is 35.5. The predicted octanol–water partition coefficient (Wildman–Crippen LogP) is 3.57. The Morgan fingerprint density at radius 3 is 2.95 bits per heavy atom. The van der Waals surface area contributed by atoms with E-state index in [0.29, 0.717) is 12.6 Å². The second-order valence-corrected chi connectivity index (χ2v) is 6.19. The molecule has 0 aliphatic carbocycles. The standard InChI is InChI=1S/C17H27ClN2O/c1-2-10-20(14-16-7-3-4-9-19-16)11-12-21-17-8-5-6-15(18)13-17/h5-6,8,13,16,19H,2-4,7,9-12,14H2,1H3. The average molecular weight is 311 g/mol. The molecule has 118 valence electrons. The van der Waals surface area contributed by atoms with E-state index in [4.69, 9.17) is 16.3 Å². The van der Waals surface area contributed by atoms with Crippen LogP contribution in [0.5, 0.6) is 5.75 Å². The number of nitrogens with zero attached hydrogens (tertiary/aromatic N) is 1. The van der Waals surface area contributed by atoms with Gasteiger partial charge < -0.3 is 10.1 Å². The number of hydrogen-bond acceptors (Lipinski definition) is 3. The van der Waals surface area contributed by atoms with Gasteiger partial charge in [-0.05, 0) is 50.6 Å². The third-order valence-electron chi connectivity index (χ3n) is 3.90. The quantitative estimate of drug-likeness (QED) is 0.794. The van der Waals surface area contributed by atoms with Gasteiger partial charge in [-0.25, -0.2) is 0 Å². The Labute approximate surface area is 133 Å². The third-order valence-corrected chi connectivity index (χ3v) is 4.14. The van der Waals surface area contributed by atoms with Crippen molar-refractivity contribution in [3.8, 4) is 5.75 Å². The van der Waals surface area contributed by atoms with E-state index in [1.54, 1.807) is 0 Å². The number of halogens is 1. The molecular weight excluding hydrogens is 284 g/mol. The highest BCUT2D eigenvalue weighted by molar-refractivity contribution is 6.30. The Kier molecular flexibility index (Phi) is 7.34. The SMILES string of the molecule is CCCN(CCOc1cccc(Cl)c1)CC1CCCCN1. The molecule has 1 atom stereocenters. The van der Waals surface area contributed by atoms with Gasteiger partial charge in [-0.15, -0.1) is 0 Å². The maximum atomic E-state index is 5.97. The van der Waals surface area contributed by atoms with Crippen LogP contribution in [0.3, 0.4) is 0 Å². The highest BCUT2D eigenvalue weighted by Gasteiger charge is 2.16. The molecule has 1 aromatic rings. The zero-order chi connectivity index (χ0) is 14.9. The monoisotopic (exact) mass is 310 g/mol.